The summed E-state index contributed by atoms with van der Waals surface area (Å²) >= 11 is 0. The smallest absolute Gasteiger partial charge is 0.0375 e. The molecule has 0 aliphatic heterocycles. The van der Waals surface area contributed by atoms with E-state index in [9.17, 15) is 0 Å². The van der Waals surface area contributed by atoms with Crippen molar-refractivity contribution in [3.05, 3.63) is 29.3 Å². The molecule has 1 aliphatic carbocycles. The van der Waals surface area contributed by atoms with E-state index >= 15 is 0 Å². The minimum atomic E-state index is 0.814. The number of anilines is 1. The first-order chi connectivity index (χ1) is 8.35. The minimum absolute atomic E-state index is 0.814. The summed E-state index contributed by atoms with van der Waals surface area (Å²) in [5.74, 6) is 0.814. The highest BCUT2D eigenvalue weighted by Gasteiger charge is 2.13. The summed E-state index contributed by atoms with van der Waals surface area (Å²) in [6, 6.07) is 6.77. The van der Waals surface area contributed by atoms with Gasteiger partial charge in [0.05, 0.1) is 0 Å². The van der Waals surface area contributed by atoms with Gasteiger partial charge in [0.2, 0.25) is 0 Å². The number of rotatable bonds is 5. The number of fused-ring (bicyclic) bond motifs is 1. The van der Waals surface area contributed by atoms with Gasteiger partial charge in [-0.05, 0) is 48.8 Å². The Morgan fingerprint density at radius 2 is 1.88 bits per heavy atom. The maximum atomic E-state index is 3.67. The Kier molecular flexibility index (Phi) is 4.47. The van der Waals surface area contributed by atoms with E-state index in [2.05, 4.69) is 37.4 Å². The van der Waals surface area contributed by atoms with Crippen LogP contribution in [0.25, 0.3) is 0 Å². The molecule has 0 bridgehead atoms. The van der Waals surface area contributed by atoms with E-state index in [1.54, 1.807) is 11.1 Å². The molecule has 1 N–H and O–H groups in total. The molecule has 2 rings (SSSR count). The number of nitrogens with one attached hydrogen (secondary N) is 1. The van der Waals surface area contributed by atoms with Crippen molar-refractivity contribution in [3.63, 3.8) is 0 Å². The van der Waals surface area contributed by atoms with Crippen molar-refractivity contribution in [1.82, 2.24) is 0 Å². The molecule has 0 radical (unpaired) electrons. The van der Waals surface area contributed by atoms with Crippen molar-refractivity contribution in [2.24, 2.45) is 5.92 Å². The Hall–Kier alpha value is -0.980. The first-order valence-corrected chi connectivity index (χ1v) is 7.19. The van der Waals surface area contributed by atoms with E-state index in [0.717, 1.165) is 12.5 Å². The molecular weight excluding hydrogens is 206 g/mol. The van der Waals surface area contributed by atoms with Gasteiger partial charge in [0.15, 0.2) is 0 Å². The molecule has 0 unspecified atom stereocenters. The molecule has 0 amide bonds. The van der Waals surface area contributed by atoms with Gasteiger partial charge in [-0.1, -0.05) is 38.8 Å². The maximum absolute atomic E-state index is 3.67. The normalized spacial score (nSPS) is 14.8. The molecule has 0 saturated carbocycles. The van der Waals surface area contributed by atoms with Crippen LogP contribution in [0.1, 0.15) is 50.7 Å². The van der Waals surface area contributed by atoms with Crippen LogP contribution in [0.4, 0.5) is 5.69 Å². The predicted molar refractivity (Wildman–Crippen MR) is 75.6 cm³/mol. The lowest BCUT2D eigenvalue weighted by Crippen LogP contribution is -2.15. The van der Waals surface area contributed by atoms with Crippen LogP contribution < -0.4 is 5.32 Å². The molecular formula is C16H25N. The van der Waals surface area contributed by atoms with Gasteiger partial charge in [0.25, 0.3) is 0 Å². The van der Waals surface area contributed by atoms with Gasteiger partial charge in [0, 0.05) is 12.2 Å². The summed E-state index contributed by atoms with van der Waals surface area (Å²) in [6.45, 7) is 5.70. The lowest BCUT2D eigenvalue weighted by atomic mass is 9.90. The van der Waals surface area contributed by atoms with Crippen LogP contribution in [-0.4, -0.2) is 6.54 Å². The molecule has 0 atom stereocenters. The fraction of sp³-hybridized carbons (Fsp3) is 0.625. The molecule has 0 spiro atoms. The van der Waals surface area contributed by atoms with E-state index < -0.39 is 0 Å². The lowest BCUT2D eigenvalue weighted by molar-refractivity contribution is 0.518. The average Bonchev–Trinajstić information content (AvgIpc) is 2.40. The van der Waals surface area contributed by atoms with Gasteiger partial charge in [-0.2, -0.15) is 0 Å². The summed E-state index contributed by atoms with van der Waals surface area (Å²) < 4.78 is 0. The Morgan fingerprint density at radius 3 is 2.65 bits per heavy atom. The topological polar surface area (TPSA) is 12.0 Å². The standard InChI is InChI=1S/C16H25N/c1-3-13(4-2)12-17-16-11-7-9-14-8-5-6-10-15(14)16/h7,9,11,13,17H,3-6,8,10,12H2,1-2H3. The molecule has 0 fully saturated rings. The lowest BCUT2D eigenvalue weighted by Gasteiger charge is -2.22. The van der Waals surface area contributed by atoms with Crippen molar-refractivity contribution >= 4 is 5.69 Å². The fourth-order valence-corrected chi connectivity index (χ4v) is 2.78. The van der Waals surface area contributed by atoms with Gasteiger partial charge in [-0.25, -0.2) is 0 Å². The molecule has 1 nitrogen and oxygen atoms in total. The molecule has 0 heterocycles. The molecule has 17 heavy (non-hydrogen) atoms. The molecule has 94 valence electrons. The van der Waals surface area contributed by atoms with Crippen LogP contribution in [0.2, 0.25) is 0 Å². The van der Waals surface area contributed by atoms with E-state index in [1.165, 1.54) is 44.2 Å². The summed E-state index contributed by atoms with van der Waals surface area (Å²) in [7, 11) is 0. The first-order valence-electron chi connectivity index (χ1n) is 7.19. The third-order valence-corrected chi connectivity index (χ3v) is 4.13. The van der Waals surface area contributed by atoms with Gasteiger partial charge < -0.3 is 5.32 Å². The van der Waals surface area contributed by atoms with Crippen LogP contribution in [0.15, 0.2) is 18.2 Å². The zero-order valence-corrected chi connectivity index (χ0v) is 11.3. The third kappa shape index (κ3) is 3.02. The minimum Gasteiger partial charge on any atom is -0.385 e. The number of aryl methyl sites for hydroxylation is 1. The zero-order chi connectivity index (χ0) is 12.1. The molecule has 1 aliphatic rings. The average molecular weight is 231 g/mol. The Labute approximate surface area is 106 Å². The quantitative estimate of drug-likeness (QED) is 0.791. The number of hydrogen-bond acceptors (Lipinski definition) is 1. The second-order valence-electron chi connectivity index (χ2n) is 5.21. The van der Waals surface area contributed by atoms with Gasteiger partial charge in [0.1, 0.15) is 0 Å². The second kappa shape index (κ2) is 6.09. The highest BCUT2D eigenvalue weighted by Crippen LogP contribution is 2.28. The molecule has 0 saturated heterocycles. The van der Waals surface area contributed by atoms with Crippen molar-refractivity contribution < 1.29 is 0 Å². The summed E-state index contributed by atoms with van der Waals surface area (Å²) in [4.78, 5) is 0. The second-order valence-corrected chi connectivity index (χ2v) is 5.21. The Bertz CT molecular complexity index is 353. The highest BCUT2D eigenvalue weighted by atomic mass is 14.9. The molecule has 1 aromatic carbocycles. The van der Waals surface area contributed by atoms with E-state index in [4.69, 9.17) is 0 Å². The first kappa shape index (κ1) is 12.5. The van der Waals surface area contributed by atoms with E-state index in [0.29, 0.717) is 0 Å². The van der Waals surface area contributed by atoms with Gasteiger partial charge in [-0.3, -0.25) is 0 Å². The predicted octanol–water partition coefficient (Wildman–Crippen LogP) is 4.41. The molecule has 1 aromatic rings. The number of hydrogen-bond donors (Lipinski definition) is 1. The third-order valence-electron chi connectivity index (χ3n) is 4.13. The summed E-state index contributed by atoms with van der Waals surface area (Å²) in [6.07, 6.45) is 7.81. The van der Waals surface area contributed by atoms with Crippen molar-refractivity contribution in [1.29, 1.82) is 0 Å². The van der Waals surface area contributed by atoms with Crippen LogP contribution in [0.3, 0.4) is 0 Å². The Balaban J connectivity index is 2.05. The van der Waals surface area contributed by atoms with Crippen molar-refractivity contribution in [3.8, 4) is 0 Å². The van der Waals surface area contributed by atoms with Crippen LogP contribution in [0.5, 0.6) is 0 Å². The van der Waals surface area contributed by atoms with E-state index in [1.807, 2.05) is 0 Å². The monoisotopic (exact) mass is 231 g/mol. The zero-order valence-electron chi connectivity index (χ0n) is 11.3. The van der Waals surface area contributed by atoms with Crippen LogP contribution >= 0.6 is 0 Å². The van der Waals surface area contributed by atoms with E-state index in [-0.39, 0.29) is 0 Å². The largest absolute Gasteiger partial charge is 0.385 e. The molecule has 0 aromatic heterocycles. The summed E-state index contributed by atoms with van der Waals surface area (Å²) in [5, 5.41) is 3.67. The van der Waals surface area contributed by atoms with Crippen LogP contribution in [-0.2, 0) is 12.8 Å². The number of benzene rings is 1. The highest BCUT2D eigenvalue weighted by molar-refractivity contribution is 5.55. The van der Waals surface area contributed by atoms with Gasteiger partial charge >= 0.3 is 0 Å². The van der Waals surface area contributed by atoms with Gasteiger partial charge in [-0.15, -0.1) is 0 Å². The Morgan fingerprint density at radius 1 is 1.12 bits per heavy atom. The van der Waals surface area contributed by atoms with Crippen molar-refractivity contribution in [2.45, 2.75) is 52.4 Å². The SMILES string of the molecule is CCC(CC)CNc1cccc2c1CCCC2. The fourth-order valence-electron chi connectivity index (χ4n) is 2.78. The van der Waals surface area contributed by atoms with Crippen LogP contribution in [0, 0.1) is 5.92 Å². The summed E-state index contributed by atoms with van der Waals surface area (Å²) in [5.41, 5.74) is 4.56. The maximum Gasteiger partial charge on any atom is 0.0375 e. The molecule has 1 heteroatoms. The van der Waals surface area contributed by atoms with Crippen molar-refractivity contribution in [2.75, 3.05) is 11.9 Å².